The molecular formula is C14H27OPS. The predicted molar refractivity (Wildman–Crippen MR) is 83.4 cm³/mol. The number of allylic oxidation sites excluding steroid dienone is 2. The molecule has 0 aromatic carbocycles. The van der Waals surface area contributed by atoms with Gasteiger partial charge in [-0.05, 0) is 37.5 Å². The highest BCUT2D eigenvalue weighted by Gasteiger charge is 2.19. The van der Waals surface area contributed by atoms with E-state index in [0.717, 1.165) is 38.0 Å². The summed E-state index contributed by atoms with van der Waals surface area (Å²) in [6.45, 7) is 11.8. The van der Waals surface area contributed by atoms with Gasteiger partial charge in [0.05, 0.1) is 6.26 Å². The van der Waals surface area contributed by atoms with Crippen LogP contribution in [0.1, 0.15) is 39.5 Å². The molecular weight excluding hydrogens is 247 g/mol. The van der Waals surface area contributed by atoms with Gasteiger partial charge in [0.1, 0.15) is 0 Å². The lowest BCUT2D eigenvalue weighted by molar-refractivity contribution is 0.533. The standard InChI is InChI=1S/C14H27OPS/c1-5-7-9-13(3)11-16(15,17)12-14(4)10-8-6-2/h5-6,13-14H,1-2,7-12H2,3-4H3,(H,15,17). The van der Waals surface area contributed by atoms with Crippen molar-refractivity contribution in [2.45, 2.75) is 39.5 Å². The molecule has 2 atom stereocenters. The summed E-state index contributed by atoms with van der Waals surface area (Å²) >= 11 is 5.41. The first kappa shape index (κ1) is 17.1. The first-order valence-corrected chi connectivity index (χ1v) is 9.56. The van der Waals surface area contributed by atoms with Crippen molar-refractivity contribution in [1.29, 1.82) is 0 Å². The van der Waals surface area contributed by atoms with Crippen LogP contribution in [-0.4, -0.2) is 17.2 Å². The van der Waals surface area contributed by atoms with Crippen molar-refractivity contribution >= 4 is 18.1 Å². The topological polar surface area (TPSA) is 20.2 Å². The summed E-state index contributed by atoms with van der Waals surface area (Å²) < 4.78 is 0. The second-order valence-electron chi connectivity index (χ2n) is 5.15. The van der Waals surface area contributed by atoms with Crippen molar-refractivity contribution in [2.24, 2.45) is 11.8 Å². The van der Waals surface area contributed by atoms with Gasteiger partial charge in [0, 0.05) is 12.3 Å². The molecule has 17 heavy (non-hydrogen) atoms. The number of hydrogen-bond donors (Lipinski definition) is 1. The number of hydrogen-bond acceptors (Lipinski definition) is 1. The summed E-state index contributed by atoms with van der Waals surface area (Å²) in [6.07, 6.45) is 7.58. The van der Waals surface area contributed by atoms with Gasteiger partial charge in [-0.1, -0.05) is 37.8 Å². The molecule has 1 nitrogen and oxygen atoms in total. The maximum absolute atomic E-state index is 10.3. The molecule has 0 amide bonds. The van der Waals surface area contributed by atoms with Crippen LogP contribution in [0.2, 0.25) is 0 Å². The molecule has 0 rings (SSSR count). The molecule has 2 unspecified atom stereocenters. The van der Waals surface area contributed by atoms with E-state index in [2.05, 4.69) is 27.0 Å². The molecule has 3 heteroatoms. The fourth-order valence-electron chi connectivity index (χ4n) is 2.04. The lowest BCUT2D eigenvalue weighted by Crippen LogP contribution is -2.09. The van der Waals surface area contributed by atoms with E-state index in [1.54, 1.807) is 0 Å². The SMILES string of the molecule is C=CCCC(C)CP(O)(=S)CC(C)CCC=C. The van der Waals surface area contributed by atoms with E-state index in [1.165, 1.54) is 0 Å². The summed E-state index contributed by atoms with van der Waals surface area (Å²) in [5, 5.41) is 0. The highest BCUT2D eigenvalue weighted by Crippen LogP contribution is 2.46. The molecule has 0 aliphatic carbocycles. The molecule has 0 aromatic heterocycles. The van der Waals surface area contributed by atoms with Crippen LogP contribution in [0.25, 0.3) is 0 Å². The van der Waals surface area contributed by atoms with Crippen LogP contribution in [0.3, 0.4) is 0 Å². The third-order valence-corrected chi connectivity index (χ3v) is 6.20. The quantitative estimate of drug-likeness (QED) is 0.465. The van der Waals surface area contributed by atoms with E-state index in [1.807, 2.05) is 12.2 Å². The third kappa shape index (κ3) is 9.76. The number of rotatable bonds is 10. The first-order chi connectivity index (χ1) is 7.91. The normalized spacial score (nSPS) is 18.1. The molecule has 0 heterocycles. The zero-order valence-corrected chi connectivity index (χ0v) is 13.0. The van der Waals surface area contributed by atoms with E-state index in [4.69, 9.17) is 11.8 Å². The van der Waals surface area contributed by atoms with Gasteiger partial charge in [-0.25, -0.2) is 0 Å². The van der Waals surface area contributed by atoms with E-state index >= 15 is 0 Å². The summed E-state index contributed by atoms with van der Waals surface area (Å²) in [7, 11) is 0. The average Bonchev–Trinajstić information content (AvgIpc) is 2.22. The molecule has 0 fully saturated rings. The second kappa shape index (κ2) is 9.08. The summed E-state index contributed by atoms with van der Waals surface area (Å²) in [5.74, 6) is 1.02. The van der Waals surface area contributed by atoms with Crippen molar-refractivity contribution in [2.75, 3.05) is 12.3 Å². The van der Waals surface area contributed by atoms with Crippen LogP contribution in [0.5, 0.6) is 0 Å². The Hall–Kier alpha value is 0.0900. The van der Waals surface area contributed by atoms with E-state index in [0.29, 0.717) is 11.8 Å². The van der Waals surface area contributed by atoms with Gasteiger partial charge in [-0.3, -0.25) is 0 Å². The van der Waals surface area contributed by atoms with Crippen molar-refractivity contribution < 1.29 is 4.89 Å². The molecule has 100 valence electrons. The average molecular weight is 274 g/mol. The van der Waals surface area contributed by atoms with Crippen molar-refractivity contribution in [3.8, 4) is 0 Å². The van der Waals surface area contributed by atoms with Crippen molar-refractivity contribution in [3.63, 3.8) is 0 Å². The monoisotopic (exact) mass is 274 g/mol. The Kier molecular flexibility index (Phi) is 9.13. The van der Waals surface area contributed by atoms with Crippen molar-refractivity contribution in [1.82, 2.24) is 0 Å². The Morgan fingerprint density at radius 2 is 1.41 bits per heavy atom. The Labute approximate surface area is 112 Å². The van der Waals surface area contributed by atoms with Crippen LogP contribution >= 0.6 is 6.26 Å². The lowest BCUT2D eigenvalue weighted by atomic mass is 10.1. The minimum absolute atomic E-state index is 0.510. The zero-order chi connectivity index (χ0) is 13.3. The molecule has 1 N–H and O–H groups in total. The van der Waals surface area contributed by atoms with Crippen LogP contribution in [0.4, 0.5) is 0 Å². The fraction of sp³-hybridized carbons (Fsp3) is 0.714. The molecule has 0 bridgehead atoms. The molecule has 0 aliphatic heterocycles. The second-order valence-corrected chi connectivity index (χ2v) is 9.62. The highest BCUT2D eigenvalue weighted by molar-refractivity contribution is 8.11. The molecule has 0 aromatic rings. The Bertz CT molecular complexity index is 251. The smallest absolute Gasteiger partial charge is 0.0642 e. The van der Waals surface area contributed by atoms with Gasteiger partial charge in [-0.15, -0.1) is 13.2 Å². The summed E-state index contributed by atoms with van der Waals surface area (Å²) in [6, 6.07) is 0. The minimum atomic E-state index is -2.12. The van der Waals surface area contributed by atoms with Gasteiger partial charge in [-0.2, -0.15) is 0 Å². The van der Waals surface area contributed by atoms with E-state index < -0.39 is 6.26 Å². The Morgan fingerprint density at radius 3 is 1.71 bits per heavy atom. The fourth-order valence-corrected chi connectivity index (χ4v) is 6.03. The highest BCUT2D eigenvalue weighted by atomic mass is 32.4. The lowest BCUT2D eigenvalue weighted by Gasteiger charge is -2.23. The molecule has 0 spiro atoms. The van der Waals surface area contributed by atoms with E-state index in [9.17, 15) is 4.89 Å². The maximum Gasteiger partial charge on any atom is 0.0642 e. The maximum atomic E-state index is 10.3. The summed E-state index contributed by atoms with van der Waals surface area (Å²) in [5.41, 5.74) is 0. The van der Waals surface area contributed by atoms with Gasteiger partial charge >= 0.3 is 0 Å². The molecule has 0 radical (unpaired) electrons. The van der Waals surface area contributed by atoms with Crippen LogP contribution in [0, 0.1) is 11.8 Å². The van der Waals surface area contributed by atoms with Gasteiger partial charge < -0.3 is 4.89 Å². The Morgan fingerprint density at radius 1 is 1.06 bits per heavy atom. The van der Waals surface area contributed by atoms with Gasteiger partial charge in [0.15, 0.2) is 0 Å². The van der Waals surface area contributed by atoms with Crippen LogP contribution in [0.15, 0.2) is 25.3 Å². The van der Waals surface area contributed by atoms with Crippen molar-refractivity contribution in [3.05, 3.63) is 25.3 Å². The summed E-state index contributed by atoms with van der Waals surface area (Å²) in [4.78, 5) is 10.3. The van der Waals surface area contributed by atoms with Crippen LogP contribution in [-0.2, 0) is 11.8 Å². The first-order valence-electron chi connectivity index (χ1n) is 6.44. The molecule has 0 aliphatic rings. The van der Waals surface area contributed by atoms with Crippen LogP contribution < -0.4 is 0 Å². The van der Waals surface area contributed by atoms with Gasteiger partial charge in [0.25, 0.3) is 0 Å². The van der Waals surface area contributed by atoms with Gasteiger partial charge in [0.2, 0.25) is 0 Å². The Balaban J connectivity index is 4.04. The largest absolute Gasteiger partial charge is 0.365 e. The zero-order valence-electron chi connectivity index (χ0n) is 11.3. The van der Waals surface area contributed by atoms with E-state index in [-0.39, 0.29) is 0 Å². The third-order valence-electron chi connectivity index (χ3n) is 2.92. The molecule has 0 saturated carbocycles. The molecule has 0 saturated heterocycles. The minimum Gasteiger partial charge on any atom is -0.365 e. The predicted octanol–water partition coefficient (Wildman–Crippen LogP) is 4.58.